The first-order chi connectivity index (χ1) is 18.7. The number of allylic oxidation sites excluding steroid dienone is 3. The fraction of sp³-hybridized carbons (Fsp3) is 0.344. The highest BCUT2D eigenvalue weighted by Gasteiger charge is 2.42. The molecule has 0 aromatic heterocycles. The van der Waals surface area contributed by atoms with E-state index in [9.17, 15) is 9.59 Å². The Balaban J connectivity index is 1.42. The summed E-state index contributed by atoms with van der Waals surface area (Å²) in [6.45, 7) is 5.62. The summed E-state index contributed by atoms with van der Waals surface area (Å²) < 4.78 is 10.3. The number of carbonyl (C=O) groups excluding carboxylic acids is 2. The topological polar surface area (TPSA) is 80.2 Å². The van der Waals surface area contributed by atoms with E-state index in [1.54, 1.807) is 6.08 Å². The van der Waals surface area contributed by atoms with Gasteiger partial charge in [0.1, 0.15) is 17.5 Å². The molecule has 3 aliphatic rings. The minimum absolute atomic E-state index is 0.0453. The molecule has 202 valence electrons. The molecule has 0 bridgehead atoms. The number of alkyl carbamates (subject to hydrolysis) is 1. The average Bonchev–Trinajstić information content (AvgIpc) is 3.28. The van der Waals surface area contributed by atoms with Crippen LogP contribution in [0.15, 0.2) is 95.7 Å². The largest absolute Gasteiger partial charge is 0.466 e. The smallest absolute Gasteiger partial charge is 0.408 e. The number of hydrogen-bond donors (Lipinski definition) is 1. The van der Waals surface area contributed by atoms with E-state index in [1.807, 2.05) is 57.3 Å². The van der Waals surface area contributed by atoms with E-state index in [0.717, 1.165) is 47.4 Å². The van der Waals surface area contributed by atoms with Crippen LogP contribution in [0.3, 0.4) is 0 Å². The van der Waals surface area contributed by atoms with Crippen molar-refractivity contribution in [1.29, 1.82) is 0 Å². The van der Waals surface area contributed by atoms with Crippen LogP contribution in [-0.4, -0.2) is 35.5 Å². The number of ether oxygens (including phenoxy) is 2. The summed E-state index contributed by atoms with van der Waals surface area (Å²) in [5.74, 6) is 0.475. The average molecular weight is 526 g/mol. The van der Waals surface area contributed by atoms with Crippen molar-refractivity contribution in [2.45, 2.75) is 63.3 Å². The predicted octanol–water partition coefficient (Wildman–Crippen LogP) is 6.27. The number of carbonyl (C=O) groups is 2. The maximum atomic E-state index is 12.6. The Kier molecular flexibility index (Phi) is 7.17. The zero-order chi connectivity index (χ0) is 27.6. The van der Waals surface area contributed by atoms with Gasteiger partial charge in [-0.15, -0.1) is 0 Å². The van der Waals surface area contributed by atoms with Crippen molar-refractivity contribution in [2.24, 2.45) is 4.99 Å². The zero-order valence-corrected chi connectivity index (χ0v) is 22.9. The van der Waals surface area contributed by atoms with Crippen molar-refractivity contribution >= 4 is 17.9 Å². The van der Waals surface area contributed by atoms with Crippen LogP contribution in [0.5, 0.6) is 0 Å². The molecule has 2 unspecified atom stereocenters. The first-order valence-corrected chi connectivity index (χ1v) is 13.4. The maximum Gasteiger partial charge on any atom is 0.408 e. The van der Waals surface area contributed by atoms with Crippen molar-refractivity contribution in [2.75, 3.05) is 7.11 Å². The summed E-state index contributed by atoms with van der Waals surface area (Å²) in [5, 5.41) is 3.14. The van der Waals surface area contributed by atoms with Crippen LogP contribution in [0.25, 0.3) is 0 Å². The summed E-state index contributed by atoms with van der Waals surface area (Å²) in [5.41, 5.74) is 3.27. The van der Waals surface area contributed by atoms with Crippen LogP contribution in [0.2, 0.25) is 0 Å². The van der Waals surface area contributed by atoms with E-state index in [0.29, 0.717) is 0 Å². The Labute approximate surface area is 229 Å². The number of fused-ring (bicyclic) bond motifs is 1. The third-order valence-corrected chi connectivity index (χ3v) is 7.35. The lowest BCUT2D eigenvalue weighted by atomic mass is 9.71. The lowest BCUT2D eigenvalue weighted by Gasteiger charge is -2.43. The fourth-order valence-electron chi connectivity index (χ4n) is 5.32. The number of aliphatic imine (C=N–C) groups is 1. The summed E-state index contributed by atoms with van der Waals surface area (Å²) in [6.07, 6.45) is 11.6. The molecule has 5 rings (SSSR count). The molecule has 2 aliphatic heterocycles. The third kappa shape index (κ3) is 5.67. The molecule has 1 N–H and O–H groups in total. The molecule has 2 atom stereocenters. The van der Waals surface area contributed by atoms with E-state index >= 15 is 0 Å². The fourth-order valence-corrected chi connectivity index (χ4v) is 5.32. The normalized spacial score (nSPS) is 21.5. The Bertz CT molecular complexity index is 1350. The molecular weight excluding hydrogens is 490 g/mol. The van der Waals surface area contributed by atoms with Crippen LogP contribution in [0.4, 0.5) is 4.79 Å². The van der Waals surface area contributed by atoms with E-state index in [1.165, 1.54) is 13.2 Å². The second-order valence-corrected chi connectivity index (χ2v) is 11.2. The summed E-state index contributed by atoms with van der Waals surface area (Å²) in [4.78, 5) is 31.5. The van der Waals surface area contributed by atoms with Crippen LogP contribution in [0.1, 0.15) is 68.8 Å². The minimum atomic E-state index is -0.545. The number of rotatable bonds is 6. The van der Waals surface area contributed by atoms with Crippen LogP contribution in [0, 0.1) is 0 Å². The molecule has 2 aromatic carbocycles. The maximum absolute atomic E-state index is 12.6. The molecule has 2 aromatic rings. The lowest BCUT2D eigenvalue weighted by Crippen LogP contribution is -2.52. The second-order valence-electron chi connectivity index (χ2n) is 11.2. The van der Waals surface area contributed by atoms with Gasteiger partial charge in [0, 0.05) is 12.3 Å². The first-order valence-electron chi connectivity index (χ1n) is 13.4. The van der Waals surface area contributed by atoms with Crippen LogP contribution < -0.4 is 5.32 Å². The van der Waals surface area contributed by atoms with E-state index in [-0.39, 0.29) is 18.2 Å². The van der Waals surface area contributed by atoms with Crippen LogP contribution >= 0.6 is 0 Å². The molecule has 7 nitrogen and oxygen atoms in total. The highest BCUT2D eigenvalue weighted by Crippen LogP contribution is 2.46. The number of benzene rings is 2. The second kappa shape index (κ2) is 10.6. The standard InChI is InChI=1S/C32H35N3O4/c1-31(2,3)39-30(37)34-32(19-8-20-32)25-15-13-23(14-16-25)28-29(24-9-6-5-7-10-24)35-21-22(11-17-26(35)33-28)12-18-27(36)38-4/h5-7,9-18,21,28-29H,8,19-20H2,1-4H3,(H,34,37)/b18-12+. The number of nitrogens with zero attached hydrogens (tertiary/aromatic N) is 2. The molecule has 0 spiro atoms. The van der Waals surface area contributed by atoms with Crippen molar-refractivity contribution in [3.63, 3.8) is 0 Å². The quantitative estimate of drug-likeness (QED) is 0.355. The van der Waals surface area contributed by atoms with E-state index in [2.05, 4.69) is 46.6 Å². The molecule has 0 radical (unpaired) electrons. The van der Waals surface area contributed by atoms with E-state index in [4.69, 9.17) is 14.5 Å². The SMILES string of the molecule is COC(=O)/C=C/C1=CN2C(=NC(c3ccc(C4(NC(=O)OC(C)(C)C)CCC4)cc3)C2c2ccccc2)C=C1. The Morgan fingerprint density at radius 2 is 1.74 bits per heavy atom. The van der Waals surface area contributed by atoms with Gasteiger partial charge in [-0.25, -0.2) is 9.59 Å². The van der Waals surface area contributed by atoms with Crippen molar-refractivity contribution in [3.8, 4) is 0 Å². The van der Waals surface area contributed by atoms with Crippen molar-refractivity contribution < 1.29 is 19.1 Å². The Morgan fingerprint density at radius 1 is 1.03 bits per heavy atom. The van der Waals surface area contributed by atoms with Gasteiger partial charge in [-0.05, 0) is 80.5 Å². The number of nitrogens with one attached hydrogen (secondary N) is 1. The van der Waals surface area contributed by atoms with Gasteiger partial charge in [-0.3, -0.25) is 4.99 Å². The Morgan fingerprint density at radius 3 is 2.36 bits per heavy atom. The third-order valence-electron chi connectivity index (χ3n) is 7.35. The molecule has 0 saturated heterocycles. The summed E-state index contributed by atoms with van der Waals surface area (Å²) in [7, 11) is 1.37. The van der Waals surface area contributed by atoms with Crippen LogP contribution in [-0.2, 0) is 19.8 Å². The first kappa shape index (κ1) is 26.5. The number of amidine groups is 1. The highest BCUT2D eigenvalue weighted by molar-refractivity contribution is 5.97. The van der Waals surface area contributed by atoms with Crippen molar-refractivity contribution in [1.82, 2.24) is 10.2 Å². The number of esters is 1. The predicted molar refractivity (Wildman–Crippen MR) is 151 cm³/mol. The van der Waals surface area contributed by atoms with Gasteiger partial charge in [0.05, 0.1) is 18.7 Å². The number of hydrogen-bond acceptors (Lipinski definition) is 6. The molecular formula is C32H35N3O4. The van der Waals surface area contributed by atoms with Gasteiger partial charge in [-0.2, -0.15) is 0 Å². The van der Waals surface area contributed by atoms with Gasteiger partial charge in [0.2, 0.25) is 0 Å². The van der Waals surface area contributed by atoms with Gasteiger partial charge in [0.25, 0.3) is 0 Å². The highest BCUT2D eigenvalue weighted by atomic mass is 16.6. The van der Waals surface area contributed by atoms with E-state index < -0.39 is 17.1 Å². The molecule has 39 heavy (non-hydrogen) atoms. The summed E-state index contributed by atoms with van der Waals surface area (Å²) >= 11 is 0. The minimum Gasteiger partial charge on any atom is -0.466 e. The molecule has 7 heteroatoms. The van der Waals surface area contributed by atoms with Gasteiger partial charge >= 0.3 is 12.1 Å². The lowest BCUT2D eigenvalue weighted by molar-refractivity contribution is -0.134. The molecule has 1 fully saturated rings. The van der Waals surface area contributed by atoms with Gasteiger partial charge < -0.3 is 19.7 Å². The monoisotopic (exact) mass is 525 g/mol. The van der Waals surface area contributed by atoms with Gasteiger partial charge in [-0.1, -0.05) is 54.6 Å². The molecule has 2 heterocycles. The van der Waals surface area contributed by atoms with Gasteiger partial charge in [0.15, 0.2) is 0 Å². The number of amides is 1. The number of methoxy groups -OCH3 is 1. The zero-order valence-electron chi connectivity index (χ0n) is 22.9. The Hall–Kier alpha value is -4.13. The summed E-state index contributed by atoms with van der Waals surface area (Å²) in [6, 6.07) is 18.6. The molecule has 1 aliphatic carbocycles. The van der Waals surface area contributed by atoms with Crippen molar-refractivity contribution in [3.05, 3.63) is 107 Å². The molecule has 1 saturated carbocycles. The molecule has 1 amide bonds.